The Hall–Kier alpha value is -3.73. The number of aryl methyl sites for hydroxylation is 2. The zero-order valence-corrected chi connectivity index (χ0v) is 18.2. The molecule has 0 unspecified atom stereocenters. The summed E-state index contributed by atoms with van der Waals surface area (Å²) in [6.07, 6.45) is 4.01. The summed E-state index contributed by atoms with van der Waals surface area (Å²) in [6.45, 7) is 4.60. The van der Waals surface area contributed by atoms with Gasteiger partial charge in [-0.1, -0.05) is 30.3 Å². The van der Waals surface area contributed by atoms with Crippen molar-refractivity contribution in [2.45, 2.75) is 20.5 Å². The van der Waals surface area contributed by atoms with Crippen molar-refractivity contribution in [3.63, 3.8) is 0 Å². The predicted molar refractivity (Wildman–Crippen MR) is 124 cm³/mol. The lowest BCUT2D eigenvalue weighted by Crippen LogP contribution is -1.97. The first-order valence-electron chi connectivity index (χ1n) is 10.1. The quantitative estimate of drug-likeness (QED) is 0.548. The van der Waals surface area contributed by atoms with Crippen molar-refractivity contribution in [3.05, 3.63) is 100 Å². The molecule has 158 valence electrons. The van der Waals surface area contributed by atoms with Crippen LogP contribution in [0, 0.1) is 13.8 Å². The van der Waals surface area contributed by atoms with Crippen molar-refractivity contribution in [2.24, 2.45) is 4.99 Å². The first-order valence-corrected chi connectivity index (χ1v) is 10.1. The van der Waals surface area contributed by atoms with Crippen molar-refractivity contribution >= 4 is 11.8 Å². The number of nitrogens with zero attached hydrogens (tertiary/aromatic N) is 1. The molecule has 4 rings (SSSR count). The Morgan fingerprint density at radius 1 is 0.935 bits per heavy atom. The van der Waals surface area contributed by atoms with E-state index in [0.717, 1.165) is 39.7 Å². The van der Waals surface area contributed by atoms with Crippen molar-refractivity contribution in [3.8, 4) is 11.5 Å². The molecule has 0 saturated heterocycles. The minimum Gasteiger partial charge on any atom is -0.493 e. The fourth-order valence-electron chi connectivity index (χ4n) is 3.55. The predicted octanol–water partition coefficient (Wildman–Crippen LogP) is 5.59. The number of hydrogen-bond acceptors (Lipinski definition) is 4. The van der Waals surface area contributed by atoms with E-state index in [9.17, 15) is 0 Å². The Kier molecular flexibility index (Phi) is 5.94. The van der Waals surface area contributed by atoms with E-state index < -0.39 is 0 Å². The van der Waals surface area contributed by atoms with Crippen LogP contribution in [-0.4, -0.2) is 24.9 Å². The van der Waals surface area contributed by atoms with Gasteiger partial charge in [-0.25, -0.2) is 4.99 Å². The molecule has 0 bridgehead atoms. The standard InChI is InChI=1S/C26H26N2O3/c1-17-12-18(2)27-21(17)14-23-25(31-16-19-8-6-5-7-9-19)15-22(28-23)20-10-11-24(29-3)26(13-20)30-4/h5-15,27H,16H2,1-4H3/b23-14+. The highest BCUT2D eigenvalue weighted by Crippen LogP contribution is 2.31. The maximum atomic E-state index is 6.18. The summed E-state index contributed by atoms with van der Waals surface area (Å²) < 4.78 is 17.0. The van der Waals surface area contributed by atoms with E-state index >= 15 is 0 Å². The van der Waals surface area contributed by atoms with E-state index in [1.54, 1.807) is 14.2 Å². The molecule has 1 N–H and O–H groups in total. The Bertz CT molecular complexity index is 1170. The van der Waals surface area contributed by atoms with Crippen molar-refractivity contribution in [2.75, 3.05) is 14.2 Å². The number of benzene rings is 2. The molecule has 0 amide bonds. The van der Waals surface area contributed by atoms with Gasteiger partial charge in [-0.15, -0.1) is 0 Å². The van der Waals surface area contributed by atoms with Crippen LogP contribution >= 0.6 is 0 Å². The topological polar surface area (TPSA) is 55.8 Å². The lowest BCUT2D eigenvalue weighted by Gasteiger charge is -2.08. The Labute approximate surface area is 182 Å². The van der Waals surface area contributed by atoms with Crippen LogP contribution in [0.25, 0.3) is 6.08 Å². The number of H-pyrrole nitrogens is 1. The molecule has 5 nitrogen and oxygen atoms in total. The van der Waals surface area contributed by atoms with Crippen LogP contribution in [0.4, 0.5) is 0 Å². The summed E-state index contributed by atoms with van der Waals surface area (Å²) in [5.74, 6) is 2.08. The van der Waals surface area contributed by atoms with E-state index in [-0.39, 0.29) is 0 Å². The maximum Gasteiger partial charge on any atom is 0.161 e. The molecular weight excluding hydrogens is 388 g/mol. The van der Waals surface area contributed by atoms with Gasteiger partial charge in [0.1, 0.15) is 18.1 Å². The second kappa shape index (κ2) is 8.96. The van der Waals surface area contributed by atoms with Gasteiger partial charge in [0, 0.05) is 23.0 Å². The van der Waals surface area contributed by atoms with Crippen molar-refractivity contribution in [1.29, 1.82) is 0 Å². The van der Waals surface area contributed by atoms with Gasteiger partial charge in [0.15, 0.2) is 11.5 Å². The number of aromatic nitrogens is 1. The molecule has 1 aliphatic rings. The van der Waals surface area contributed by atoms with E-state index in [4.69, 9.17) is 19.2 Å². The summed E-state index contributed by atoms with van der Waals surface area (Å²) in [5, 5.41) is 0. The highest BCUT2D eigenvalue weighted by atomic mass is 16.5. The van der Waals surface area contributed by atoms with Gasteiger partial charge in [0.2, 0.25) is 0 Å². The van der Waals surface area contributed by atoms with Gasteiger partial charge in [0.25, 0.3) is 0 Å². The van der Waals surface area contributed by atoms with Crippen LogP contribution in [0.3, 0.4) is 0 Å². The van der Waals surface area contributed by atoms with E-state index in [1.807, 2.05) is 67.6 Å². The number of hydrogen-bond donors (Lipinski definition) is 1. The summed E-state index contributed by atoms with van der Waals surface area (Å²) in [5.41, 5.74) is 6.95. The largest absolute Gasteiger partial charge is 0.493 e. The molecule has 0 saturated carbocycles. The van der Waals surface area contributed by atoms with Gasteiger partial charge in [-0.2, -0.15) is 0 Å². The number of rotatable bonds is 7. The lowest BCUT2D eigenvalue weighted by atomic mass is 10.1. The summed E-state index contributed by atoms with van der Waals surface area (Å²) in [4.78, 5) is 8.26. The molecule has 0 atom stereocenters. The van der Waals surface area contributed by atoms with Crippen LogP contribution in [0.2, 0.25) is 0 Å². The first kappa shape index (κ1) is 20.5. The smallest absolute Gasteiger partial charge is 0.161 e. The molecule has 1 aromatic heterocycles. The third-order valence-corrected chi connectivity index (χ3v) is 5.15. The van der Waals surface area contributed by atoms with Gasteiger partial charge < -0.3 is 19.2 Å². The third kappa shape index (κ3) is 4.56. The molecule has 31 heavy (non-hydrogen) atoms. The van der Waals surface area contributed by atoms with Gasteiger partial charge in [0.05, 0.1) is 19.9 Å². The molecule has 0 fully saturated rings. The van der Waals surface area contributed by atoms with Crippen LogP contribution < -0.4 is 9.47 Å². The lowest BCUT2D eigenvalue weighted by molar-refractivity contribution is 0.208. The van der Waals surface area contributed by atoms with Crippen molar-refractivity contribution < 1.29 is 14.2 Å². The minimum atomic E-state index is 0.474. The average molecular weight is 415 g/mol. The normalized spacial score (nSPS) is 14.4. The molecule has 3 aromatic rings. The number of aliphatic imine (C=N–C) groups is 1. The van der Waals surface area contributed by atoms with Crippen molar-refractivity contribution in [1.82, 2.24) is 4.98 Å². The highest BCUT2D eigenvalue weighted by molar-refractivity contribution is 6.12. The Morgan fingerprint density at radius 2 is 1.71 bits per heavy atom. The Balaban J connectivity index is 1.69. The van der Waals surface area contributed by atoms with Gasteiger partial charge in [-0.05, 0) is 55.3 Å². The SMILES string of the molecule is COc1ccc(C2=N/C(=C/c3[nH]c(C)cc3C)C(OCc3ccccc3)=C2)cc1OC. The molecule has 2 heterocycles. The van der Waals surface area contributed by atoms with Gasteiger partial charge in [-0.3, -0.25) is 0 Å². The number of methoxy groups -OCH3 is 2. The minimum absolute atomic E-state index is 0.474. The fraction of sp³-hybridized carbons (Fsp3) is 0.192. The zero-order valence-electron chi connectivity index (χ0n) is 18.2. The molecule has 0 radical (unpaired) electrons. The number of aromatic amines is 1. The molecule has 2 aromatic carbocycles. The maximum absolute atomic E-state index is 6.18. The van der Waals surface area contributed by atoms with Crippen LogP contribution in [0.1, 0.15) is 28.1 Å². The monoisotopic (exact) mass is 414 g/mol. The van der Waals surface area contributed by atoms with E-state index in [2.05, 4.69) is 18.0 Å². The Morgan fingerprint density at radius 3 is 2.39 bits per heavy atom. The number of ether oxygens (including phenoxy) is 3. The second-order valence-corrected chi connectivity index (χ2v) is 7.43. The molecule has 0 spiro atoms. The molecular formula is C26H26N2O3. The molecule has 0 aliphatic carbocycles. The van der Waals surface area contributed by atoms with Gasteiger partial charge >= 0.3 is 0 Å². The summed E-state index contributed by atoms with van der Waals surface area (Å²) in [6, 6.07) is 18.0. The first-order chi connectivity index (χ1) is 15.1. The summed E-state index contributed by atoms with van der Waals surface area (Å²) >= 11 is 0. The van der Waals surface area contributed by atoms with Crippen LogP contribution in [0.15, 0.2) is 77.1 Å². The zero-order chi connectivity index (χ0) is 21.8. The third-order valence-electron chi connectivity index (χ3n) is 5.15. The van der Waals surface area contributed by atoms with E-state index in [0.29, 0.717) is 18.1 Å². The van der Waals surface area contributed by atoms with Crippen LogP contribution in [-0.2, 0) is 11.3 Å². The van der Waals surface area contributed by atoms with E-state index in [1.165, 1.54) is 5.56 Å². The fourth-order valence-corrected chi connectivity index (χ4v) is 3.55. The second-order valence-electron chi connectivity index (χ2n) is 7.43. The highest BCUT2D eigenvalue weighted by Gasteiger charge is 2.19. The summed E-state index contributed by atoms with van der Waals surface area (Å²) in [7, 11) is 3.26. The number of nitrogens with one attached hydrogen (secondary N) is 1. The molecule has 5 heteroatoms. The van der Waals surface area contributed by atoms with Crippen LogP contribution in [0.5, 0.6) is 11.5 Å². The number of allylic oxidation sites excluding steroid dienone is 1. The average Bonchev–Trinajstić information content (AvgIpc) is 3.34. The molecule has 1 aliphatic heterocycles.